The highest BCUT2D eigenvalue weighted by atomic mass is 19.1. The third-order valence-electron chi connectivity index (χ3n) is 4.52. The van der Waals surface area contributed by atoms with Crippen molar-refractivity contribution in [2.24, 2.45) is 0 Å². The molecule has 0 bridgehead atoms. The summed E-state index contributed by atoms with van der Waals surface area (Å²) < 4.78 is 40.4. The molecular weight excluding hydrogens is 380 g/mol. The van der Waals surface area contributed by atoms with E-state index in [1.54, 1.807) is 40.8 Å². The Morgan fingerprint density at radius 3 is 2.59 bits per heavy atom. The molecule has 148 valence electrons. The van der Waals surface area contributed by atoms with E-state index in [1.807, 2.05) is 0 Å². The van der Waals surface area contributed by atoms with Crippen molar-refractivity contribution in [3.05, 3.63) is 66.1 Å². The molecule has 4 aromatic rings. The molecule has 0 amide bonds. The summed E-state index contributed by atoms with van der Waals surface area (Å²) in [6, 6.07) is 11.2. The Balaban J connectivity index is 1.69. The van der Waals surface area contributed by atoms with E-state index >= 15 is 0 Å². The fourth-order valence-corrected chi connectivity index (χ4v) is 3.08. The summed E-state index contributed by atoms with van der Waals surface area (Å²) in [5.74, 6) is 0.188. The van der Waals surface area contributed by atoms with E-state index in [2.05, 4.69) is 20.5 Å². The summed E-state index contributed by atoms with van der Waals surface area (Å²) in [6.45, 7) is 0.181. The van der Waals surface area contributed by atoms with Crippen LogP contribution >= 0.6 is 0 Å². The van der Waals surface area contributed by atoms with Crippen molar-refractivity contribution in [1.82, 2.24) is 19.6 Å². The number of anilines is 1. The van der Waals surface area contributed by atoms with Crippen LogP contribution in [0.1, 0.15) is 5.56 Å². The maximum Gasteiger partial charge on any atom is 0.224 e. The first kappa shape index (κ1) is 18.6. The molecule has 7 nitrogen and oxygen atoms in total. The molecule has 0 saturated carbocycles. The quantitative estimate of drug-likeness (QED) is 0.500. The lowest BCUT2D eigenvalue weighted by Gasteiger charge is -2.14. The molecule has 0 saturated heterocycles. The van der Waals surface area contributed by atoms with Gasteiger partial charge >= 0.3 is 0 Å². The first-order valence-corrected chi connectivity index (χ1v) is 8.71. The highest BCUT2D eigenvalue weighted by molar-refractivity contribution is 5.79. The topological polar surface area (TPSA) is 73.6 Å². The monoisotopic (exact) mass is 397 g/mol. The number of nitrogens with zero attached hydrogens (tertiary/aromatic N) is 4. The number of halogens is 2. The number of pyridine rings is 2. The largest absolute Gasteiger partial charge is 0.496 e. The molecule has 1 aromatic carbocycles. The molecule has 3 aromatic heterocycles. The summed E-state index contributed by atoms with van der Waals surface area (Å²) in [4.78, 5) is 3.77. The summed E-state index contributed by atoms with van der Waals surface area (Å²) in [5.41, 5.74) is 1.61. The normalized spacial score (nSPS) is 10.9. The van der Waals surface area contributed by atoms with Gasteiger partial charge in [-0.2, -0.15) is 9.37 Å². The van der Waals surface area contributed by atoms with E-state index in [1.165, 1.54) is 26.6 Å². The fourth-order valence-electron chi connectivity index (χ4n) is 3.08. The van der Waals surface area contributed by atoms with Gasteiger partial charge in [-0.25, -0.2) is 4.39 Å². The van der Waals surface area contributed by atoms with Crippen molar-refractivity contribution >= 4 is 11.5 Å². The zero-order valence-electron chi connectivity index (χ0n) is 15.7. The molecule has 9 heteroatoms. The summed E-state index contributed by atoms with van der Waals surface area (Å²) in [6.07, 6.45) is 1.49. The molecule has 3 heterocycles. The molecule has 0 aliphatic heterocycles. The maximum atomic E-state index is 14.4. The predicted molar refractivity (Wildman–Crippen MR) is 103 cm³/mol. The molecule has 1 N–H and O–H groups in total. The van der Waals surface area contributed by atoms with Crippen LogP contribution in [-0.4, -0.2) is 33.8 Å². The zero-order chi connectivity index (χ0) is 20.4. The second-order valence-corrected chi connectivity index (χ2v) is 6.12. The van der Waals surface area contributed by atoms with E-state index in [4.69, 9.17) is 9.47 Å². The third-order valence-corrected chi connectivity index (χ3v) is 4.52. The lowest BCUT2D eigenvalue weighted by Crippen LogP contribution is -2.07. The summed E-state index contributed by atoms with van der Waals surface area (Å²) >= 11 is 0. The van der Waals surface area contributed by atoms with Gasteiger partial charge in [0.1, 0.15) is 23.7 Å². The molecule has 0 radical (unpaired) electrons. The van der Waals surface area contributed by atoms with E-state index in [0.29, 0.717) is 28.3 Å². The lowest BCUT2D eigenvalue weighted by molar-refractivity contribution is 0.388. The fraction of sp³-hybridized carbons (Fsp3) is 0.150. The molecule has 0 aliphatic rings. The van der Waals surface area contributed by atoms with Gasteiger partial charge in [-0.1, -0.05) is 6.07 Å². The van der Waals surface area contributed by atoms with Crippen molar-refractivity contribution in [3.8, 4) is 22.8 Å². The number of methoxy groups -OCH3 is 2. The molecule has 4 rings (SSSR count). The van der Waals surface area contributed by atoms with E-state index in [0.717, 1.165) is 0 Å². The highest BCUT2D eigenvalue weighted by Gasteiger charge is 2.16. The van der Waals surface area contributed by atoms with Gasteiger partial charge < -0.3 is 14.8 Å². The van der Waals surface area contributed by atoms with Crippen LogP contribution in [0.4, 0.5) is 14.6 Å². The number of nitrogens with one attached hydrogen (secondary N) is 1. The van der Waals surface area contributed by atoms with E-state index < -0.39 is 5.95 Å². The van der Waals surface area contributed by atoms with Crippen LogP contribution in [0.5, 0.6) is 11.6 Å². The number of hydrogen-bond acceptors (Lipinski definition) is 6. The number of fused-ring (bicyclic) bond motifs is 1. The van der Waals surface area contributed by atoms with E-state index in [9.17, 15) is 8.78 Å². The van der Waals surface area contributed by atoms with Crippen molar-refractivity contribution in [3.63, 3.8) is 0 Å². The standard InChI is InChI=1S/C20H17F2N5O2/c1-28-16-5-3-4-15(21)14(16)10-23-17-8-6-13(20-26-24-11-27(17)20)12-7-9-18(29-2)25-19(12)22/h3-9,11,23H,10H2,1-2H3. The Kier molecular flexibility index (Phi) is 4.94. The molecule has 0 aliphatic carbocycles. The molecule has 0 unspecified atom stereocenters. The van der Waals surface area contributed by atoms with Crippen LogP contribution in [0.15, 0.2) is 48.8 Å². The van der Waals surface area contributed by atoms with E-state index in [-0.39, 0.29) is 23.8 Å². The summed E-state index contributed by atoms with van der Waals surface area (Å²) in [5, 5.41) is 11.2. The van der Waals surface area contributed by atoms with Crippen molar-refractivity contribution in [2.75, 3.05) is 19.5 Å². The summed E-state index contributed by atoms with van der Waals surface area (Å²) in [7, 11) is 2.91. The molecule has 0 atom stereocenters. The van der Waals surface area contributed by atoms with Crippen molar-refractivity contribution in [2.45, 2.75) is 6.54 Å². The minimum absolute atomic E-state index is 0.181. The van der Waals surface area contributed by atoms with Crippen LogP contribution in [0.25, 0.3) is 16.8 Å². The van der Waals surface area contributed by atoms with Gasteiger partial charge in [0, 0.05) is 29.3 Å². The Morgan fingerprint density at radius 2 is 1.83 bits per heavy atom. The minimum atomic E-state index is -0.675. The first-order chi connectivity index (χ1) is 14.1. The maximum absolute atomic E-state index is 14.4. The smallest absolute Gasteiger partial charge is 0.224 e. The Labute approximate surface area is 164 Å². The first-order valence-electron chi connectivity index (χ1n) is 8.71. The minimum Gasteiger partial charge on any atom is -0.496 e. The predicted octanol–water partition coefficient (Wildman–Crippen LogP) is 3.70. The number of ether oxygens (including phenoxy) is 2. The Morgan fingerprint density at radius 1 is 1.00 bits per heavy atom. The third kappa shape index (κ3) is 3.42. The Bertz CT molecular complexity index is 1180. The zero-order valence-corrected chi connectivity index (χ0v) is 15.7. The van der Waals surface area contributed by atoms with Crippen molar-refractivity contribution in [1.29, 1.82) is 0 Å². The van der Waals surface area contributed by atoms with Crippen LogP contribution in [-0.2, 0) is 6.54 Å². The second-order valence-electron chi connectivity index (χ2n) is 6.12. The number of hydrogen-bond donors (Lipinski definition) is 1. The molecular formula is C20H17F2N5O2. The van der Waals surface area contributed by atoms with Gasteiger partial charge in [-0.15, -0.1) is 10.2 Å². The van der Waals surface area contributed by atoms with Crippen LogP contribution in [0.2, 0.25) is 0 Å². The average molecular weight is 397 g/mol. The molecule has 0 spiro atoms. The van der Waals surface area contributed by atoms with Gasteiger partial charge in [0.15, 0.2) is 5.65 Å². The van der Waals surface area contributed by atoms with Crippen LogP contribution in [0, 0.1) is 11.8 Å². The Hall–Kier alpha value is -3.75. The van der Waals surface area contributed by atoms with Gasteiger partial charge in [0.05, 0.1) is 14.2 Å². The average Bonchev–Trinajstić information content (AvgIpc) is 3.23. The SMILES string of the molecule is COc1ccc(-c2ccc(NCc3c(F)cccc3OC)n3cnnc23)c(F)n1. The number of rotatable bonds is 6. The van der Waals surface area contributed by atoms with Gasteiger partial charge in [0.25, 0.3) is 0 Å². The van der Waals surface area contributed by atoms with Crippen LogP contribution in [0.3, 0.4) is 0 Å². The lowest BCUT2D eigenvalue weighted by atomic mass is 10.1. The van der Waals surface area contributed by atoms with Gasteiger partial charge in [-0.05, 0) is 30.3 Å². The van der Waals surface area contributed by atoms with Gasteiger partial charge in [0.2, 0.25) is 11.8 Å². The number of aromatic nitrogens is 4. The highest BCUT2D eigenvalue weighted by Crippen LogP contribution is 2.29. The van der Waals surface area contributed by atoms with Crippen molar-refractivity contribution < 1.29 is 18.3 Å². The van der Waals surface area contributed by atoms with Gasteiger partial charge in [-0.3, -0.25) is 4.40 Å². The van der Waals surface area contributed by atoms with Crippen LogP contribution < -0.4 is 14.8 Å². The molecule has 0 fully saturated rings. The second kappa shape index (κ2) is 7.70. The number of benzene rings is 1. The molecule has 29 heavy (non-hydrogen) atoms.